The average Bonchev–Trinajstić information content (AvgIpc) is 1.84. The fraction of sp³-hybridized carbons (Fsp3) is 0.714. The summed E-state index contributed by atoms with van der Waals surface area (Å²) in [5.74, 6) is 0. The molecule has 0 fully saturated rings. The van der Waals surface area contributed by atoms with Crippen molar-refractivity contribution in [1.82, 2.24) is 0 Å². The summed E-state index contributed by atoms with van der Waals surface area (Å²) >= 11 is 5.35. The maximum Gasteiger partial charge on any atom is 0.102 e. The molecule has 0 aliphatic carbocycles. The summed E-state index contributed by atoms with van der Waals surface area (Å²) < 4.78 is 0.778. The van der Waals surface area contributed by atoms with Gasteiger partial charge in [-0.05, 0) is 6.08 Å². The van der Waals surface area contributed by atoms with Crippen LogP contribution in [-0.4, -0.2) is 43.4 Å². The van der Waals surface area contributed by atoms with E-state index in [1.807, 2.05) is 20.2 Å². The maximum absolute atomic E-state index is 8.63. The van der Waals surface area contributed by atoms with Gasteiger partial charge in [-0.2, -0.15) is 0 Å². The lowest BCUT2D eigenvalue weighted by molar-refractivity contribution is -0.884. The second-order valence-electron chi connectivity index (χ2n) is 2.93. The third-order valence-electron chi connectivity index (χ3n) is 1.39. The molecule has 0 aliphatic rings. The number of aliphatic hydroxyl groups is 1. The molecular formula is C7H15ClNO+. The van der Waals surface area contributed by atoms with Crippen LogP contribution in [0.2, 0.25) is 0 Å². The summed E-state index contributed by atoms with van der Waals surface area (Å²) in [4.78, 5) is 0. The van der Waals surface area contributed by atoms with Gasteiger partial charge in [0.15, 0.2) is 0 Å². The number of aliphatic hydroxyl groups excluding tert-OH is 1. The molecule has 0 spiro atoms. The molecule has 0 saturated carbocycles. The molecule has 0 radical (unpaired) electrons. The van der Waals surface area contributed by atoms with Gasteiger partial charge in [-0.3, -0.25) is 0 Å². The van der Waals surface area contributed by atoms with Gasteiger partial charge in [-0.25, -0.2) is 0 Å². The van der Waals surface area contributed by atoms with E-state index < -0.39 is 0 Å². The predicted molar refractivity (Wildman–Crippen MR) is 43.9 cm³/mol. The van der Waals surface area contributed by atoms with E-state index >= 15 is 0 Å². The van der Waals surface area contributed by atoms with Crippen molar-refractivity contribution >= 4 is 11.6 Å². The molecule has 0 bridgehead atoms. The van der Waals surface area contributed by atoms with Gasteiger partial charge in [0, 0.05) is 5.54 Å². The highest BCUT2D eigenvalue weighted by atomic mass is 35.5. The first-order valence-electron chi connectivity index (χ1n) is 3.30. The molecule has 2 nitrogen and oxygen atoms in total. The van der Waals surface area contributed by atoms with Crippen LogP contribution in [0.25, 0.3) is 0 Å². The molecule has 0 saturated heterocycles. The van der Waals surface area contributed by atoms with Crippen molar-refractivity contribution in [3.63, 3.8) is 0 Å². The number of rotatable bonds is 4. The lowest BCUT2D eigenvalue weighted by Crippen LogP contribution is -2.41. The summed E-state index contributed by atoms with van der Waals surface area (Å²) in [6, 6.07) is 0. The monoisotopic (exact) mass is 164 g/mol. The summed E-state index contributed by atoms with van der Waals surface area (Å²) in [7, 11) is 4.10. The van der Waals surface area contributed by atoms with Gasteiger partial charge < -0.3 is 9.59 Å². The predicted octanol–water partition coefficient (Wildman–Crippen LogP) is 0.808. The molecule has 0 heterocycles. The summed E-state index contributed by atoms with van der Waals surface area (Å²) in [5.41, 5.74) is 1.51. The minimum Gasteiger partial charge on any atom is -0.391 e. The van der Waals surface area contributed by atoms with Gasteiger partial charge in [0.05, 0.1) is 27.2 Å². The van der Waals surface area contributed by atoms with Crippen molar-refractivity contribution in [2.75, 3.05) is 33.8 Å². The number of likely N-dealkylation sites (N-methyl/N-ethyl adjacent to an activating group) is 1. The topological polar surface area (TPSA) is 20.2 Å². The Morgan fingerprint density at radius 1 is 1.50 bits per heavy atom. The molecular weight excluding hydrogens is 150 g/mol. The zero-order valence-corrected chi connectivity index (χ0v) is 7.30. The van der Waals surface area contributed by atoms with Gasteiger partial charge in [0.1, 0.15) is 6.54 Å². The molecule has 0 aliphatic heterocycles. The van der Waals surface area contributed by atoms with Crippen LogP contribution in [0.3, 0.4) is 0 Å². The Morgan fingerprint density at radius 2 is 2.10 bits per heavy atom. The number of halogens is 1. The van der Waals surface area contributed by atoms with Crippen molar-refractivity contribution in [3.05, 3.63) is 11.6 Å². The highest BCUT2D eigenvalue weighted by molar-refractivity contribution is 6.25. The Balaban J connectivity index is 3.62. The molecule has 0 unspecified atom stereocenters. The van der Waals surface area contributed by atoms with E-state index in [2.05, 4.69) is 0 Å². The highest BCUT2D eigenvalue weighted by Gasteiger charge is 2.10. The first kappa shape index (κ1) is 9.95. The average molecular weight is 165 g/mol. The van der Waals surface area contributed by atoms with E-state index in [4.69, 9.17) is 16.7 Å². The Morgan fingerprint density at radius 3 is 2.50 bits per heavy atom. The molecule has 0 rings (SSSR count). The van der Waals surface area contributed by atoms with E-state index in [1.54, 1.807) is 0 Å². The van der Waals surface area contributed by atoms with Crippen molar-refractivity contribution < 1.29 is 9.59 Å². The lowest BCUT2D eigenvalue weighted by Gasteiger charge is -2.27. The van der Waals surface area contributed by atoms with E-state index in [9.17, 15) is 0 Å². The van der Waals surface area contributed by atoms with Gasteiger partial charge in [0.25, 0.3) is 0 Å². The summed E-state index contributed by atoms with van der Waals surface area (Å²) in [5, 5.41) is 8.63. The fourth-order valence-electron chi connectivity index (χ4n) is 0.687. The highest BCUT2D eigenvalue weighted by Crippen LogP contribution is 1.96. The summed E-state index contributed by atoms with van der Waals surface area (Å²) in [6.45, 7) is 1.86. The molecule has 60 valence electrons. The van der Waals surface area contributed by atoms with Gasteiger partial charge in [0.2, 0.25) is 0 Å². The molecule has 0 aromatic carbocycles. The first-order valence-corrected chi connectivity index (χ1v) is 3.74. The normalized spacial score (nSPS) is 12.8. The number of quaternary nitrogens is 1. The van der Waals surface area contributed by atoms with Crippen LogP contribution in [0.4, 0.5) is 0 Å². The smallest absolute Gasteiger partial charge is 0.102 e. The minimum absolute atomic E-state index is 0.225. The van der Waals surface area contributed by atoms with Crippen molar-refractivity contribution in [1.29, 1.82) is 0 Å². The Bertz CT molecular complexity index is 112. The van der Waals surface area contributed by atoms with Crippen molar-refractivity contribution in [2.24, 2.45) is 0 Å². The number of nitrogens with zero attached hydrogens (tertiary/aromatic N) is 1. The molecule has 0 aromatic heterocycles. The molecule has 3 heteroatoms. The lowest BCUT2D eigenvalue weighted by atomic mass is 10.4. The second kappa shape index (κ2) is 4.72. The van der Waals surface area contributed by atoms with Crippen LogP contribution in [0.15, 0.2) is 11.6 Å². The van der Waals surface area contributed by atoms with Crippen molar-refractivity contribution in [3.8, 4) is 0 Å². The molecule has 1 N–H and O–H groups in total. The molecule has 0 amide bonds. The molecule has 10 heavy (non-hydrogen) atoms. The Labute approximate surface area is 67.3 Å². The van der Waals surface area contributed by atoms with E-state index in [0.717, 1.165) is 17.6 Å². The van der Waals surface area contributed by atoms with Crippen LogP contribution >= 0.6 is 11.6 Å². The largest absolute Gasteiger partial charge is 0.391 e. The third-order valence-corrected chi connectivity index (χ3v) is 1.57. The standard InChI is InChI=1S/C7H15ClNO/c1-9(2,6-7-10)5-3-4-8/h3-4,10H,5-7H2,1-2H3/q+1/b4-3+. The SMILES string of the molecule is C[N+](C)(C/C=C/Cl)CCO. The Hall–Kier alpha value is -0.0500. The Kier molecular flexibility index (Phi) is 4.69. The maximum atomic E-state index is 8.63. The summed E-state index contributed by atoms with van der Waals surface area (Å²) in [6.07, 6.45) is 1.89. The quantitative estimate of drug-likeness (QED) is 0.610. The van der Waals surface area contributed by atoms with E-state index in [1.165, 1.54) is 5.54 Å². The van der Waals surface area contributed by atoms with E-state index in [-0.39, 0.29) is 6.61 Å². The minimum atomic E-state index is 0.225. The zero-order valence-electron chi connectivity index (χ0n) is 6.55. The van der Waals surface area contributed by atoms with Crippen LogP contribution in [0, 0.1) is 0 Å². The van der Waals surface area contributed by atoms with Crippen LogP contribution in [-0.2, 0) is 0 Å². The zero-order chi connectivity index (χ0) is 8.04. The van der Waals surface area contributed by atoms with Gasteiger partial charge >= 0.3 is 0 Å². The second-order valence-corrected chi connectivity index (χ2v) is 3.18. The molecule has 0 atom stereocenters. The van der Waals surface area contributed by atoms with Crippen LogP contribution in [0.1, 0.15) is 0 Å². The van der Waals surface area contributed by atoms with Crippen LogP contribution in [0.5, 0.6) is 0 Å². The van der Waals surface area contributed by atoms with E-state index in [0.29, 0.717) is 0 Å². The fourth-order valence-corrected chi connectivity index (χ4v) is 0.767. The number of hydrogen-bond acceptors (Lipinski definition) is 1. The van der Waals surface area contributed by atoms with Gasteiger partial charge in [-0.15, -0.1) is 0 Å². The van der Waals surface area contributed by atoms with Crippen LogP contribution < -0.4 is 0 Å². The number of hydrogen-bond donors (Lipinski definition) is 1. The third kappa shape index (κ3) is 4.79. The van der Waals surface area contributed by atoms with Crippen molar-refractivity contribution in [2.45, 2.75) is 0 Å². The first-order chi connectivity index (χ1) is 4.62. The molecule has 0 aromatic rings. The van der Waals surface area contributed by atoms with Gasteiger partial charge in [-0.1, -0.05) is 11.6 Å².